The lowest BCUT2D eigenvalue weighted by molar-refractivity contribution is -0.116. The van der Waals surface area contributed by atoms with Crippen LogP contribution in [0, 0.1) is 18.3 Å². The largest absolute Gasteiger partial charge is 0.325 e. The summed E-state index contributed by atoms with van der Waals surface area (Å²) in [5, 5.41) is 11.5. The summed E-state index contributed by atoms with van der Waals surface area (Å²) in [5.74, 6) is -0.453. The van der Waals surface area contributed by atoms with Gasteiger partial charge in [0.05, 0.1) is 23.9 Å². The second kappa shape index (κ2) is 10.6. The third-order valence-electron chi connectivity index (χ3n) is 4.77. The molecule has 3 aromatic carbocycles. The van der Waals surface area contributed by atoms with Gasteiger partial charge in [-0.15, -0.1) is 0 Å². The standard InChI is InChI=1S/C24H22BrN3O3S/c1-18-2-4-20(5-3-18)16-28(32(30,31)23-12-8-21(25)9-13-23)17-24(29)27-22-10-6-19(7-11-22)14-15-26/h2-13H,14,16-17H2,1H3,(H,27,29). The first-order valence-electron chi connectivity index (χ1n) is 9.85. The van der Waals surface area contributed by atoms with Gasteiger partial charge in [0.1, 0.15) is 0 Å². The fraction of sp³-hybridized carbons (Fsp3) is 0.167. The van der Waals surface area contributed by atoms with Crippen molar-refractivity contribution in [3.63, 3.8) is 0 Å². The van der Waals surface area contributed by atoms with Crippen LogP contribution in [0.15, 0.2) is 82.2 Å². The van der Waals surface area contributed by atoms with E-state index in [1.54, 1.807) is 36.4 Å². The summed E-state index contributed by atoms with van der Waals surface area (Å²) in [4.78, 5) is 12.8. The number of carbonyl (C=O) groups is 1. The Bertz CT molecular complexity index is 1220. The highest BCUT2D eigenvalue weighted by Crippen LogP contribution is 2.21. The molecule has 0 saturated carbocycles. The van der Waals surface area contributed by atoms with Gasteiger partial charge in [-0.2, -0.15) is 9.57 Å². The predicted octanol–water partition coefficient (Wildman–Crippen LogP) is 4.65. The molecule has 0 aromatic heterocycles. The molecule has 0 radical (unpaired) electrons. The van der Waals surface area contributed by atoms with Crippen LogP contribution in [0.1, 0.15) is 16.7 Å². The van der Waals surface area contributed by atoms with E-state index in [0.29, 0.717) is 5.69 Å². The molecule has 32 heavy (non-hydrogen) atoms. The first-order valence-corrected chi connectivity index (χ1v) is 12.1. The van der Waals surface area contributed by atoms with E-state index in [2.05, 4.69) is 27.3 Å². The molecule has 1 N–H and O–H groups in total. The number of hydrogen-bond acceptors (Lipinski definition) is 4. The van der Waals surface area contributed by atoms with Crippen LogP contribution >= 0.6 is 15.9 Å². The molecule has 0 atom stereocenters. The third kappa shape index (κ3) is 6.26. The topological polar surface area (TPSA) is 90.3 Å². The molecule has 8 heteroatoms. The number of rotatable bonds is 8. The molecule has 0 saturated heterocycles. The number of nitrogens with one attached hydrogen (secondary N) is 1. The summed E-state index contributed by atoms with van der Waals surface area (Å²) in [6.07, 6.45) is 0.282. The number of sulfonamides is 1. The molecule has 0 spiro atoms. The maximum Gasteiger partial charge on any atom is 0.243 e. The van der Waals surface area contributed by atoms with Gasteiger partial charge in [0.25, 0.3) is 0 Å². The zero-order valence-electron chi connectivity index (χ0n) is 17.5. The molecule has 0 fully saturated rings. The monoisotopic (exact) mass is 511 g/mol. The Labute approximate surface area is 196 Å². The van der Waals surface area contributed by atoms with Crippen molar-refractivity contribution in [2.75, 3.05) is 11.9 Å². The highest BCUT2D eigenvalue weighted by molar-refractivity contribution is 9.10. The lowest BCUT2D eigenvalue weighted by Gasteiger charge is -2.22. The minimum Gasteiger partial charge on any atom is -0.325 e. The van der Waals surface area contributed by atoms with Gasteiger partial charge >= 0.3 is 0 Å². The van der Waals surface area contributed by atoms with Crippen molar-refractivity contribution >= 4 is 37.5 Å². The van der Waals surface area contributed by atoms with Crippen LogP contribution in [0.25, 0.3) is 0 Å². The molecule has 164 valence electrons. The smallest absolute Gasteiger partial charge is 0.243 e. The van der Waals surface area contributed by atoms with Crippen molar-refractivity contribution < 1.29 is 13.2 Å². The van der Waals surface area contributed by atoms with E-state index in [9.17, 15) is 13.2 Å². The van der Waals surface area contributed by atoms with Crippen molar-refractivity contribution in [2.24, 2.45) is 0 Å². The average molecular weight is 512 g/mol. The highest BCUT2D eigenvalue weighted by atomic mass is 79.9. The molecule has 1 amide bonds. The Morgan fingerprint density at radius 2 is 1.56 bits per heavy atom. The Morgan fingerprint density at radius 1 is 0.969 bits per heavy atom. The van der Waals surface area contributed by atoms with Gasteiger partial charge in [0.15, 0.2) is 0 Å². The van der Waals surface area contributed by atoms with Gasteiger partial charge in [0.2, 0.25) is 15.9 Å². The van der Waals surface area contributed by atoms with E-state index in [-0.39, 0.29) is 24.4 Å². The number of halogens is 1. The molecule has 0 aliphatic carbocycles. The van der Waals surface area contributed by atoms with E-state index in [1.807, 2.05) is 31.2 Å². The number of nitriles is 1. The molecular formula is C24H22BrN3O3S. The zero-order valence-corrected chi connectivity index (χ0v) is 19.9. The molecule has 3 rings (SSSR count). The van der Waals surface area contributed by atoms with E-state index < -0.39 is 15.9 Å². The normalized spacial score (nSPS) is 11.2. The maximum absolute atomic E-state index is 13.3. The summed E-state index contributed by atoms with van der Waals surface area (Å²) >= 11 is 3.31. The molecule has 3 aromatic rings. The summed E-state index contributed by atoms with van der Waals surface area (Å²) < 4.78 is 28.6. The fourth-order valence-electron chi connectivity index (χ4n) is 3.04. The molecule has 0 bridgehead atoms. The summed E-state index contributed by atoms with van der Waals surface area (Å²) in [6, 6.07) is 22.8. The number of carbonyl (C=O) groups excluding carboxylic acids is 1. The fourth-order valence-corrected chi connectivity index (χ4v) is 4.69. The van der Waals surface area contributed by atoms with E-state index in [0.717, 1.165) is 21.2 Å². The number of hydrogen-bond donors (Lipinski definition) is 1. The minimum absolute atomic E-state index is 0.0627. The molecule has 6 nitrogen and oxygen atoms in total. The lowest BCUT2D eigenvalue weighted by Crippen LogP contribution is -2.37. The molecule has 0 heterocycles. The van der Waals surface area contributed by atoms with Crippen molar-refractivity contribution in [2.45, 2.75) is 24.8 Å². The van der Waals surface area contributed by atoms with Crippen LogP contribution in [0.5, 0.6) is 0 Å². The van der Waals surface area contributed by atoms with Crippen molar-refractivity contribution in [3.8, 4) is 6.07 Å². The molecule has 0 aliphatic heterocycles. The minimum atomic E-state index is -3.91. The van der Waals surface area contributed by atoms with Gasteiger partial charge in [-0.1, -0.05) is 57.9 Å². The van der Waals surface area contributed by atoms with Gasteiger partial charge in [-0.05, 0) is 54.4 Å². The number of anilines is 1. The second-order valence-electron chi connectivity index (χ2n) is 7.29. The van der Waals surface area contributed by atoms with E-state index >= 15 is 0 Å². The van der Waals surface area contributed by atoms with Crippen LogP contribution in [0.3, 0.4) is 0 Å². The zero-order chi connectivity index (χ0) is 23.1. The quantitative estimate of drug-likeness (QED) is 0.476. The Hall–Kier alpha value is -2.99. The summed E-state index contributed by atoms with van der Waals surface area (Å²) in [6.45, 7) is 1.68. The van der Waals surface area contributed by atoms with Gasteiger partial charge in [0, 0.05) is 16.7 Å². The summed E-state index contributed by atoms with van der Waals surface area (Å²) in [5.41, 5.74) is 3.22. The Balaban J connectivity index is 1.82. The first-order chi connectivity index (χ1) is 15.3. The van der Waals surface area contributed by atoms with Crippen molar-refractivity contribution in [3.05, 3.63) is 94.0 Å². The number of benzene rings is 3. The number of aryl methyl sites for hydroxylation is 1. The molecular weight excluding hydrogens is 490 g/mol. The van der Waals surface area contributed by atoms with Crippen LogP contribution in [0.2, 0.25) is 0 Å². The Morgan fingerprint density at radius 3 is 2.16 bits per heavy atom. The van der Waals surface area contributed by atoms with E-state index in [1.165, 1.54) is 16.4 Å². The van der Waals surface area contributed by atoms with Crippen molar-refractivity contribution in [1.29, 1.82) is 5.26 Å². The van der Waals surface area contributed by atoms with Crippen LogP contribution < -0.4 is 5.32 Å². The van der Waals surface area contributed by atoms with E-state index in [4.69, 9.17) is 5.26 Å². The average Bonchev–Trinajstić information content (AvgIpc) is 2.76. The van der Waals surface area contributed by atoms with Gasteiger partial charge in [-0.3, -0.25) is 4.79 Å². The van der Waals surface area contributed by atoms with Crippen molar-refractivity contribution in [1.82, 2.24) is 4.31 Å². The number of amides is 1. The predicted molar refractivity (Wildman–Crippen MR) is 127 cm³/mol. The second-order valence-corrected chi connectivity index (χ2v) is 10.1. The molecule has 0 unspecified atom stereocenters. The maximum atomic E-state index is 13.3. The number of nitrogens with zero attached hydrogens (tertiary/aromatic N) is 2. The van der Waals surface area contributed by atoms with Crippen LogP contribution in [0.4, 0.5) is 5.69 Å². The Kier molecular flexibility index (Phi) is 7.80. The van der Waals surface area contributed by atoms with Gasteiger partial charge < -0.3 is 5.32 Å². The van der Waals surface area contributed by atoms with Crippen LogP contribution in [-0.4, -0.2) is 25.2 Å². The van der Waals surface area contributed by atoms with Gasteiger partial charge in [-0.25, -0.2) is 8.42 Å². The third-order valence-corrected chi connectivity index (χ3v) is 7.11. The highest BCUT2D eigenvalue weighted by Gasteiger charge is 2.27. The first kappa shape index (κ1) is 23.7. The lowest BCUT2D eigenvalue weighted by atomic mass is 10.1. The van der Waals surface area contributed by atoms with Crippen LogP contribution in [-0.2, 0) is 27.8 Å². The summed E-state index contributed by atoms with van der Waals surface area (Å²) in [7, 11) is -3.91. The molecule has 0 aliphatic rings. The SMILES string of the molecule is Cc1ccc(CN(CC(=O)Nc2ccc(CC#N)cc2)S(=O)(=O)c2ccc(Br)cc2)cc1.